The van der Waals surface area contributed by atoms with Crippen LogP contribution < -0.4 is 5.32 Å². The lowest BCUT2D eigenvalue weighted by Gasteiger charge is -2.34. The van der Waals surface area contributed by atoms with E-state index in [1.54, 1.807) is 23.2 Å². The molecule has 2 rings (SSSR count). The van der Waals surface area contributed by atoms with Crippen molar-refractivity contribution >= 4 is 34.6 Å². The molecule has 1 atom stereocenters. The zero-order valence-electron chi connectivity index (χ0n) is 11.1. The Labute approximate surface area is 122 Å². The topological polar surface area (TPSA) is 41.6 Å². The minimum Gasteiger partial charge on any atom is -0.463 e. The van der Waals surface area contributed by atoms with Crippen LogP contribution in [-0.4, -0.2) is 29.6 Å². The molecule has 2 heterocycles. The average Bonchev–Trinajstić information content (AvgIpc) is 2.89. The van der Waals surface area contributed by atoms with Crippen LogP contribution in [0.4, 0.5) is 0 Å². The second kappa shape index (κ2) is 5.71. The molecule has 0 fully saturated rings. The molecule has 0 radical (unpaired) electrons. The van der Waals surface area contributed by atoms with Gasteiger partial charge in [-0.3, -0.25) is 0 Å². The van der Waals surface area contributed by atoms with E-state index in [1.807, 2.05) is 31.5 Å². The van der Waals surface area contributed by atoms with Gasteiger partial charge in [-0.05, 0) is 37.5 Å². The molecule has 1 aromatic heterocycles. The number of nitrogens with zero attached hydrogens (tertiary/aromatic N) is 1. The quantitative estimate of drug-likeness (QED) is 0.685. The SMILES string of the molecule is CCOC(=O)C1=C(C)N(C)C(=S)N[C@@H]1c1cccs1. The monoisotopic (exact) mass is 296 g/mol. The lowest BCUT2D eigenvalue weighted by Crippen LogP contribution is -2.45. The molecule has 102 valence electrons. The molecule has 1 aliphatic heterocycles. The van der Waals surface area contributed by atoms with Crippen molar-refractivity contribution in [1.29, 1.82) is 0 Å². The van der Waals surface area contributed by atoms with Crippen LogP contribution in [0.3, 0.4) is 0 Å². The molecule has 0 saturated heterocycles. The minimum absolute atomic E-state index is 0.220. The molecule has 0 aromatic carbocycles. The first-order chi connectivity index (χ1) is 9.06. The number of thiocarbonyl (C=S) groups is 1. The first-order valence-electron chi connectivity index (χ1n) is 6.01. The Bertz CT molecular complexity index is 523. The van der Waals surface area contributed by atoms with Crippen LogP contribution in [0.25, 0.3) is 0 Å². The van der Waals surface area contributed by atoms with Crippen molar-refractivity contribution in [3.8, 4) is 0 Å². The first-order valence-corrected chi connectivity index (χ1v) is 7.30. The van der Waals surface area contributed by atoms with Gasteiger partial charge in [0.1, 0.15) is 0 Å². The van der Waals surface area contributed by atoms with E-state index in [0.29, 0.717) is 17.3 Å². The van der Waals surface area contributed by atoms with Crippen LogP contribution in [0.5, 0.6) is 0 Å². The molecule has 1 aliphatic rings. The molecule has 0 spiro atoms. The van der Waals surface area contributed by atoms with Crippen LogP contribution in [0.15, 0.2) is 28.8 Å². The molecule has 0 saturated carbocycles. The summed E-state index contributed by atoms with van der Waals surface area (Å²) in [6.07, 6.45) is 0. The van der Waals surface area contributed by atoms with Gasteiger partial charge in [-0.2, -0.15) is 0 Å². The van der Waals surface area contributed by atoms with E-state index in [1.165, 1.54) is 0 Å². The van der Waals surface area contributed by atoms with Gasteiger partial charge in [0.05, 0.1) is 18.2 Å². The van der Waals surface area contributed by atoms with Gasteiger partial charge in [-0.1, -0.05) is 6.07 Å². The summed E-state index contributed by atoms with van der Waals surface area (Å²) in [5.74, 6) is -0.291. The van der Waals surface area contributed by atoms with Crippen molar-refractivity contribution in [2.75, 3.05) is 13.7 Å². The van der Waals surface area contributed by atoms with E-state index in [2.05, 4.69) is 5.32 Å². The third-order valence-electron chi connectivity index (χ3n) is 3.08. The number of allylic oxidation sites excluding steroid dienone is 1. The third kappa shape index (κ3) is 2.64. The predicted molar refractivity (Wildman–Crippen MR) is 79.9 cm³/mol. The molecule has 0 aliphatic carbocycles. The summed E-state index contributed by atoms with van der Waals surface area (Å²) in [7, 11) is 1.84. The summed E-state index contributed by atoms with van der Waals surface area (Å²) >= 11 is 6.89. The first kappa shape index (κ1) is 14.0. The van der Waals surface area contributed by atoms with Gasteiger partial charge in [0.25, 0.3) is 0 Å². The van der Waals surface area contributed by atoms with Gasteiger partial charge in [-0.15, -0.1) is 11.3 Å². The molecular weight excluding hydrogens is 280 g/mol. The van der Waals surface area contributed by atoms with Crippen molar-refractivity contribution in [3.63, 3.8) is 0 Å². The number of carbonyl (C=O) groups is 1. The van der Waals surface area contributed by atoms with Gasteiger partial charge in [0.2, 0.25) is 0 Å². The number of carbonyl (C=O) groups excluding carboxylic acids is 1. The van der Waals surface area contributed by atoms with Crippen molar-refractivity contribution in [3.05, 3.63) is 33.7 Å². The minimum atomic E-state index is -0.291. The smallest absolute Gasteiger partial charge is 0.338 e. The van der Waals surface area contributed by atoms with E-state index in [0.717, 1.165) is 10.6 Å². The van der Waals surface area contributed by atoms with Crippen LogP contribution in [0.2, 0.25) is 0 Å². The van der Waals surface area contributed by atoms with E-state index >= 15 is 0 Å². The van der Waals surface area contributed by atoms with Crippen molar-refractivity contribution in [2.45, 2.75) is 19.9 Å². The number of hydrogen-bond donors (Lipinski definition) is 1. The van der Waals surface area contributed by atoms with Gasteiger partial charge in [0, 0.05) is 17.6 Å². The maximum atomic E-state index is 12.2. The maximum absolute atomic E-state index is 12.2. The number of hydrogen-bond acceptors (Lipinski definition) is 4. The Hall–Kier alpha value is -1.40. The standard InChI is InChI=1S/C13H16N2O2S2/c1-4-17-12(16)10-8(2)15(3)13(18)14-11(10)9-6-5-7-19-9/h5-7,11H,4H2,1-3H3,(H,14,18)/t11-/m1/s1. The highest BCUT2D eigenvalue weighted by atomic mass is 32.1. The number of rotatable bonds is 3. The zero-order valence-corrected chi connectivity index (χ0v) is 12.7. The van der Waals surface area contributed by atoms with Gasteiger partial charge in [0.15, 0.2) is 5.11 Å². The highest BCUT2D eigenvalue weighted by Gasteiger charge is 2.33. The lowest BCUT2D eigenvalue weighted by molar-refractivity contribution is -0.139. The molecular formula is C13H16N2O2S2. The summed E-state index contributed by atoms with van der Waals surface area (Å²) in [5, 5.41) is 5.79. The zero-order chi connectivity index (χ0) is 14.0. The summed E-state index contributed by atoms with van der Waals surface area (Å²) in [4.78, 5) is 15.0. The summed E-state index contributed by atoms with van der Waals surface area (Å²) in [6, 6.07) is 3.73. The molecule has 0 bridgehead atoms. The Balaban J connectivity index is 2.45. The molecule has 19 heavy (non-hydrogen) atoms. The molecule has 1 N–H and O–H groups in total. The number of thiophene rings is 1. The van der Waals surface area contributed by atoms with Crippen molar-refractivity contribution < 1.29 is 9.53 Å². The lowest BCUT2D eigenvalue weighted by atomic mass is 10.0. The highest BCUT2D eigenvalue weighted by Crippen LogP contribution is 2.32. The number of nitrogens with one attached hydrogen (secondary N) is 1. The summed E-state index contributed by atoms with van der Waals surface area (Å²) < 4.78 is 5.16. The normalized spacial score (nSPS) is 19.4. The van der Waals surface area contributed by atoms with Gasteiger partial charge in [-0.25, -0.2) is 4.79 Å². The Morgan fingerprint density at radius 1 is 1.63 bits per heavy atom. The van der Waals surface area contributed by atoms with E-state index < -0.39 is 0 Å². The fraction of sp³-hybridized carbons (Fsp3) is 0.385. The molecule has 1 aromatic rings. The van der Waals surface area contributed by atoms with E-state index in [9.17, 15) is 4.79 Å². The Morgan fingerprint density at radius 3 is 2.95 bits per heavy atom. The van der Waals surface area contributed by atoms with Gasteiger partial charge < -0.3 is 15.0 Å². The second-order valence-corrected chi connectivity index (χ2v) is 5.54. The third-order valence-corrected chi connectivity index (χ3v) is 4.41. The molecule has 6 heteroatoms. The Kier molecular flexibility index (Phi) is 4.21. The fourth-order valence-electron chi connectivity index (χ4n) is 1.98. The van der Waals surface area contributed by atoms with Crippen LogP contribution in [0.1, 0.15) is 24.8 Å². The second-order valence-electron chi connectivity index (χ2n) is 4.18. The number of ether oxygens (including phenoxy) is 1. The van der Waals surface area contributed by atoms with Crippen LogP contribution >= 0.6 is 23.6 Å². The van der Waals surface area contributed by atoms with E-state index in [-0.39, 0.29) is 12.0 Å². The molecule has 0 amide bonds. The summed E-state index contributed by atoms with van der Waals surface area (Å²) in [6.45, 7) is 4.06. The predicted octanol–water partition coefficient (Wildman–Crippen LogP) is 2.45. The summed E-state index contributed by atoms with van der Waals surface area (Å²) in [5.41, 5.74) is 1.46. The average molecular weight is 296 g/mol. The van der Waals surface area contributed by atoms with Crippen LogP contribution in [-0.2, 0) is 9.53 Å². The number of esters is 1. The van der Waals surface area contributed by atoms with Crippen molar-refractivity contribution in [1.82, 2.24) is 10.2 Å². The molecule has 4 nitrogen and oxygen atoms in total. The largest absolute Gasteiger partial charge is 0.463 e. The van der Waals surface area contributed by atoms with Crippen LogP contribution in [0, 0.1) is 0 Å². The van der Waals surface area contributed by atoms with Gasteiger partial charge >= 0.3 is 5.97 Å². The Morgan fingerprint density at radius 2 is 2.37 bits per heavy atom. The van der Waals surface area contributed by atoms with E-state index in [4.69, 9.17) is 17.0 Å². The maximum Gasteiger partial charge on any atom is 0.338 e. The van der Waals surface area contributed by atoms with Crippen molar-refractivity contribution in [2.24, 2.45) is 0 Å². The fourth-order valence-corrected chi connectivity index (χ4v) is 3.02. The molecule has 0 unspecified atom stereocenters. The highest BCUT2D eigenvalue weighted by molar-refractivity contribution is 7.80.